The van der Waals surface area contributed by atoms with E-state index < -0.39 is 9.84 Å². The summed E-state index contributed by atoms with van der Waals surface area (Å²) in [6.45, 7) is 8.90. The summed E-state index contributed by atoms with van der Waals surface area (Å²) in [4.78, 5) is 12.6. The Morgan fingerprint density at radius 2 is 1.61 bits per heavy atom. The van der Waals surface area contributed by atoms with Crippen molar-refractivity contribution in [1.29, 1.82) is 0 Å². The van der Waals surface area contributed by atoms with Crippen LogP contribution in [0.15, 0.2) is 59.6 Å². The van der Waals surface area contributed by atoms with Crippen molar-refractivity contribution >= 4 is 20.9 Å². The summed E-state index contributed by atoms with van der Waals surface area (Å²) in [5.74, 6) is 1.35. The van der Waals surface area contributed by atoms with Gasteiger partial charge >= 0.3 is 0 Å². The molecule has 0 radical (unpaired) electrons. The molecule has 6 nitrogen and oxygen atoms in total. The predicted octanol–water partition coefficient (Wildman–Crippen LogP) is 5.60. The van der Waals surface area contributed by atoms with E-state index >= 15 is 0 Å². The number of aryl methyl sites for hydroxylation is 2. The first-order valence-electron chi connectivity index (χ1n) is 12.6. The number of hydrogen-bond acceptors (Lipinski definition) is 5. The fraction of sp³-hybridized carbons (Fsp3) is 0.379. The smallest absolute Gasteiger partial charge is 0.175 e. The van der Waals surface area contributed by atoms with Crippen LogP contribution in [0.1, 0.15) is 43.9 Å². The van der Waals surface area contributed by atoms with Crippen LogP contribution in [0.3, 0.4) is 0 Å². The molecule has 0 bridgehead atoms. The molecule has 2 aromatic carbocycles. The van der Waals surface area contributed by atoms with E-state index in [-0.39, 0.29) is 0 Å². The highest BCUT2D eigenvalue weighted by atomic mass is 32.2. The number of piperidine rings is 1. The van der Waals surface area contributed by atoms with E-state index in [0.717, 1.165) is 52.2 Å². The van der Waals surface area contributed by atoms with Crippen LogP contribution in [0, 0.1) is 6.92 Å². The summed E-state index contributed by atoms with van der Waals surface area (Å²) in [6.07, 6.45) is 5.56. The van der Waals surface area contributed by atoms with E-state index in [0.29, 0.717) is 16.9 Å². The highest BCUT2D eigenvalue weighted by Gasteiger charge is 2.23. The maximum Gasteiger partial charge on any atom is 0.175 e. The minimum atomic E-state index is -3.23. The van der Waals surface area contributed by atoms with Crippen LogP contribution in [0.2, 0.25) is 0 Å². The number of fused-ring (bicyclic) bond motifs is 1. The highest BCUT2D eigenvalue weighted by molar-refractivity contribution is 7.90. The number of aromatic nitrogens is 3. The molecule has 0 aliphatic carbocycles. The normalized spacial score (nSPS) is 15.7. The molecule has 0 saturated carbocycles. The molecular formula is C29H34N4O2S. The first-order valence-corrected chi connectivity index (χ1v) is 14.5. The first kappa shape index (κ1) is 24.7. The van der Waals surface area contributed by atoms with Gasteiger partial charge in [0.25, 0.3) is 0 Å². The number of pyridine rings is 1. The molecule has 7 heteroatoms. The third-order valence-corrected chi connectivity index (χ3v) is 8.64. The molecule has 0 unspecified atom stereocenters. The zero-order valence-corrected chi connectivity index (χ0v) is 22.5. The van der Waals surface area contributed by atoms with Gasteiger partial charge in [0.05, 0.1) is 15.9 Å². The van der Waals surface area contributed by atoms with Crippen molar-refractivity contribution in [1.82, 2.24) is 19.4 Å². The standard InChI is InChI=1S/C29H34N4O2S/c1-19(2)33-14-12-21(13-15-33)26-11-8-23(18-30-26)24-16-20(3)28-27(17-24)32(4)29(31-28)22-6-9-25(10-7-22)36(5,34)35/h6-11,16-19,21H,12-15H2,1-5H3. The van der Waals surface area contributed by atoms with Crippen LogP contribution in [0.5, 0.6) is 0 Å². The van der Waals surface area contributed by atoms with Gasteiger partial charge in [-0.2, -0.15) is 0 Å². The molecule has 1 saturated heterocycles. The summed E-state index contributed by atoms with van der Waals surface area (Å²) in [6, 6.07) is 16.3. The molecule has 1 aliphatic heterocycles. The van der Waals surface area contributed by atoms with Gasteiger partial charge in [-0.1, -0.05) is 6.07 Å². The molecule has 1 fully saturated rings. The minimum Gasteiger partial charge on any atom is -0.327 e. The molecule has 0 N–H and O–H groups in total. The lowest BCUT2D eigenvalue weighted by Gasteiger charge is -2.34. The Morgan fingerprint density at radius 1 is 0.944 bits per heavy atom. The lowest BCUT2D eigenvalue weighted by atomic mass is 9.92. The van der Waals surface area contributed by atoms with Crippen LogP contribution in [0.25, 0.3) is 33.5 Å². The van der Waals surface area contributed by atoms with Crippen LogP contribution in [-0.2, 0) is 16.9 Å². The fourth-order valence-corrected chi connectivity index (χ4v) is 5.89. The van der Waals surface area contributed by atoms with Crippen molar-refractivity contribution in [3.05, 3.63) is 66.0 Å². The summed E-state index contributed by atoms with van der Waals surface area (Å²) < 4.78 is 25.7. The van der Waals surface area contributed by atoms with Crippen molar-refractivity contribution in [2.45, 2.75) is 50.5 Å². The summed E-state index contributed by atoms with van der Waals surface area (Å²) in [5.41, 5.74) is 7.39. The number of likely N-dealkylation sites (tertiary alicyclic amines) is 1. The number of sulfone groups is 1. The van der Waals surface area contributed by atoms with Crippen LogP contribution < -0.4 is 0 Å². The highest BCUT2D eigenvalue weighted by Crippen LogP contribution is 2.32. The van der Waals surface area contributed by atoms with Crippen LogP contribution in [-0.4, -0.2) is 53.2 Å². The average Bonchev–Trinajstić information content (AvgIpc) is 3.20. The Balaban J connectivity index is 1.43. The second-order valence-electron chi connectivity index (χ2n) is 10.3. The summed E-state index contributed by atoms with van der Waals surface area (Å²) in [7, 11) is -1.23. The molecule has 2 aromatic heterocycles. The Hall–Kier alpha value is -3.03. The quantitative estimate of drug-likeness (QED) is 0.355. The zero-order chi connectivity index (χ0) is 25.6. The fourth-order valence-electron chi connectivity index (χ4n) is 5.26. The van der Waals surface area contributed by atoms with Gasteiger partial charge in [0.15, 0.2) is 9.84 Å². The lowest BCUT2D eigenvalue weighted by molar-refractivity contribution is 0.171. The Bertz CT molecular complexity index is 1500. The van der Waals surface area contributed by atoms with Gasteiger partial charge in [-0.25, -0.2) is 13.4 Å². The summed E-state index contributed by atoms with van der Waals surface area (Å²) >= 11 is 0. The zero-order valence-electron chi connectivity index (χ0n) is 21.7. The van der Waals surface area contributed by atoms with Gasteiger partial charge in [-0.05, 0) is 100 Å². The van der Waals surface area contributed by atoms with Gasteiger partial charge in [0.2, 0.25) is 0 Å². The third-order valence-electron chi connectivity index (χ3n) is 7.52. The molecular weight excluding hydrogens is 468 g/mol. The Morgan fingerprint density at radius 3 is 2.19 bits per heavy atom. The number of benzene rings is 2. The number of hydrogen-bond donors (Lipinski definition) is 0. The lowest BCUT2D eigenvalue weighted by Crippen LogP contribution is -2.37. The van der Waals surface area contributed by atoms with Crippen molar-refractivity contribution in [2.75, 3.05) is 19.3 Å². The second kappa shape index (κ2) is 9.45. The summed E-state index contributed by atoms with van der Waals surface area (Å²) in [5, 5.41) is 0. The number of imidazole rings is 1. The van der Waals surface area contributed by atoms with Gasteiger partial charge in [-0.15, -0.1) is 0 Å². The molecule has 1 aliphatic rings. The molecule has 188 valence electrons. The molecule has 36 heavy (non-hydrogen) atoms. The Labute approximate surface area is 213 Å². The second-order valence-corrected chi connectivity index (χ2v) is 12.3. The maximum atomic E-state index is 11.8. The molecule has 0 atom stereocenters. The van der Waals surface area contributed by atoms with E-state index in [4.69, 9.17) is 9.97 Å². The largest absolute Gasteiger partial charge is 0.327 e. The number of nitrogens with zero attached hydrogens (tertiary/aromatic N) is 4. The molecule has 3 heterocycles. The molecule has 0 amide bonds. The topological polar surface area (TPSA) is 68.1 Å². The van der Waals surface area contributed by atoms with Crippen LogP contribution >= 0.6 is 0 Å². The van der Waals surface area contributed by atoms with Crippen molar-refractivity contribution in [3.63, 3.8) is 0 Å². The molecule has 0 spiro atoms. The third kappa shape index (κ3) is 4.70. The van der Waals surface area contributed by atoms with Crippen molar-refractivity contribution in [2.24, 2.45) is 7.05 Å². The van der Waals surface area contributed by atoms with E-state index in [1.165, 1.54) is 24.8 Å². The van der Waals surface area contributed by atoms with Crippen LogP contribution in [0.4, 0.5) is 0 Å². The average molecular weight is 503 g/mol. The Kier molecular flexibility index (Phi) is 6.47. The van der Waals surface area contributed by atoms with Crippen molar-refractivity contribution in [3.8, 4) is 22.5 Å². The van der Waals surface area contributed by atoms with Crippen molar-refractivity contribution < 1.29 is 8.42 Å². The minimum absolute atomic E-state index is 0.310. The first-order chi connectivity index (χ1) is 17.1. The number of rotatable bonds is 5. The maximum absolute atomic E-state index is 11.8. The van der Waals surface area contributed by atoms with E-state index in [9.17, 15) is 8.42 Å². The predicted molar refractivity (Wildman–Crippen MR) is 146 cm³/mol. The van der Waals surface area contributed by atoms with Gasteiger partial charge in [0.1, 0.15) is 5.82 Å². The van der Waals surface area contributed by atoms with Gasteiger partial charge < -0.3 is 9.47 Å². The molecule has 5 rings (SSSR count). The van der Waals surface area contributed by atoms with Gasteiger partial charge in [0, 0.05) is 48.3 Å². The monoisotopic (exact) mass is 502 g/mol. The SMILES string of the molecule is Cc1cc(-c2ccc(C3CCN(C(C)C)CC3)nc2)cc2c1nc(-c1ccc(S(C)(=O)=O)cc1)n2C. The van der Waals surface area contributed by atoms with Gasteiger partial charge in [-0.3, -0.25) is 4.98 Å². The van der Waals surface area contributed by atoms with E-state index in [2.05, 4.69) is 54.5 Å². The van der Waals surface area contributed by atoms with E-state index in [1.807, 2.05) is 25.4 Å². The van der Waals surface area contributed by atoms with E-state index in [1.54, 1.807) is 12.1 Å². The molecule has 4 aromatic rings.